The topological polar surface area (TPSA) is 81.2 Å². The second-order valence-electron chi connectivity index (χ2n) is 18.1. The lowest BCUT2D eigenvalue weighted by Crippen LogP contribution is -2.35. The van der Waals surface area contributed by atoms with Gasteiger partial charge in [-0.05, 0) is 146 Å². The Labute approximate surface area is 399 Å². The SMILES string of the molecule is Cc1c(C=C2C=CN(CCCCCCN3C=CC(=Cc4sc5cc(S(=O)(=O)N6CCCCC6)ccc5c4C)c4ccccc43)c3ccccc32)sc2cc(S(=O)(=O)N3CCCCC3)ccc12. The molecule has 0 aliphatic carbocycles. The first kappa shape index (κ1) is 45.0. The van der Waals surface area contributed by atoms with Gasteiger partial charge in [0.25, 0.3) is 0 Å². The summed E-state index contributed by atoms with van der Waals surface area (Å²) in [6.45, 7) is 8.60. The van der Waals surface area contributed by atoms with E-state index in [0.717, 1.165) is 107 Å². The van der Waals surface area contributed by atoms with Gasteiger partial charge in [-0.25, -0.2) is 16.8 Å². The number of thiophene rings is 2. The van der Waals surface area contributed by atoms with Crippen LogP contribution in [0.2, 0.25) is 0 Å². The summed E-state index contributed by atoms with van der Waals surface area (Å²) in [5, 5.41) is 2.22. The normalized spacial score (nSPS) is 18.5. The van der Waals surface area contributed by atoms with Gasteiger partial charge in [-0.1, -0.05) is 74.2 Å². The van der Waals surface area contributed by atoms with Gasteiger partial charge in [-0.3, -0.25) is 0 Å². The fourth-order valence-corrected chi connectivity index (χ4v) is 15.7. The average molecular weight is 955 g/mol. The molecule has 0 radical (unpaired) electrons. The van der Waals surface area contributed by atoms with Crippen molar-refractivity contribution in [2.75, 3.05) is 49.1 Å². The molecule has 2 saturated heterocycles. The third-order valence-corrected chi connectivity index (χ3v) is 20.0. The van der Waals surface area contributed by atoms with Gasteiger partial charge in [-0.15, -0.1) is 22.7 Å². The number of hydrogen-bond donors (Lipinski definition) is 0. The maximum Gasteiger partial charge on any atom is 0.243 e. The lowest BCUT2D eigenvalue weighted by molar-refractivity contribution is 0.346. The van der Waals surface area contributed by atoms with Gasteiger partial charge in [0.05, 0.1) is 9.79 Å². The second kappa shape index (κ2) is 19.1. The van der Waals surface area contributed by atoms with Crippen molar-refractivity contribution in [3.05, 3.63) is 141 Å². The van der Waals surface area contributed by atoms with E-state index in [4.69, 9.17) is 0 Å². The highest BCUT2D eigenvalue weighted by molar-refractivity contribution is 7.89. The molecule has 0 unspecified atom stereocenters. The third kappa shape index (κ3) is 8.88. The zero-order chi connectivity index (χ0) is 45.4. The quantitative estimate of drug-likeness (QED) is 0.107. The molecule has 66 heavy (non-hydrogen) atoms. The van der Waals surface area contributed by atoms with Crippen molar-refractivity contribution in [3.8, 4) is 0 Å². The Hall–Kier alpha value is -4.82. The number of hydrogen-bond acceptors (Lipinski definition) is 8. The molecule has 10 rings (SSSR count). The molecule has 8 nitrogen and oxygen atoms in total. The van der Waals surface area contributed by atoms with Crippen molar-refractivity contribution >= 4 is 97.6 Å². The molecule has 6 aromatic rings. The molecule has 2 fully saturated rings. The van der Waals surface area contributed by atoms with E-state index in [2.05, 4.69) is 109 Å². The van der Waals surface area contributed by atoms with E-state index in [1.54, 1.807) is 43.4 Å². The minimum absolute atomic E-state index is 0.396. The Morgan fingerprint density at radius 3 is 1.35 bits per heavy atom. The molecule has 0 bridgehead atoms. The number of para-hydroxylation sites is 2. The summed E-state index contributed by atoms with van der Waals surface area (Å²) in [4.78, 5) is 7.87. The minimum atomic E-state index is -3.49. The molecule has 4 aromatic carbocycles. The number of fused-ring (bicyclic) bond motifs is 4. The number of nitrogens with zero attached hydrogens (tertiary/aromatic N) is 4. The van der Waals surface area contributed by atoms with Gasteiger partial charge >= 0.3 is 0 Å². The number of aryl methyl sites for hydroxylation is 2. The van der Waals surface area contributed by atoms with E-state index >= 15 is 0 Å². The maximum absolute atomic E-state index is 13.5. The number of benzene rings is 4. The molecule has 12 heteroatoms. The Kier molecular flexibility index (Phi) is 13.0. The molecular weight excluding hydrogens is 897 g/mol. The first-order valence-corrected chi connectivity index (χ1v) is 28.2. The molecule has 0 spiro atoms. The second-order valence-corrected chi connectivity index (χ2v) is 24.1. The molecule has 4 aliphatic rings. The Morgan fingerprint density at radius 1 is 0.515 bits per heavy atom. The van der Waals surface area contributed by atoms with Crippen LogP contribution in [0.3, 0.4) is 0 Å². The summed E-state index contributed by atoms with van der Waals surface area (Å²) in [6.07, 6.45) is 23.8. The molecular formula is C54H58N4O4S4. The predicted octanol–water partition coefficient (Wildman–Crippen LogP) is 13.1. The Morgan fingerprint density at radius 2 is 0.924 bits per heavy atom. The van der Waals surface area contributed by atoms with Crippen LogP contribution in [0.4, 0.5) is 11.4 Å². The third-order valence-electron chi connectivity index (χ3n) is 13.8. The van der Waals surface area contributed by atoms with Crippen LogP contribution in [0.15, 0.2) is 119 Å². The van der Waals surface area contributed by atoms with E-state index in [1.165, 1.54) is 44.8 Å². The van der Waals surface area contributed by atoms with Crippen molar-refractivity contribution in [2.45, 2.75) is 87.8 Å². The minimum Gasteiger partial charge on any atom is -0.347 e. The molecule has 0 N–H and O–H groups in total. The number of unbranched alkanes of at least 4 members (excludes halogenated alkanes) is 3. The smallest absolute Gasteiger partial charge is 0.243 e. The maximum atomic E-state index is 13.5. The first-order valence-electron chi connectivity index (χ1n) is 23.6. The standard InChI is InChI=1S/C54H58N4O4S4/c1-39-45-23-21-43(65(59,60)57-29-13-5-14-30-57)37-53(45)63-51(39)35-41-25-33-55(49-19-9-7-17-47(41)49)27-11-3-4-12-28-56-34-26-42(48-18-8-10-20-50(48)56)36-52-40(2)46-24-22-44(38-54(46)64-52)66(61,62)58-31-15-6-16-32-58/h7-10,17-26,33-38H,3-6,11-16,27-32H2,1-2H3. The first-order chi connectivity index (χ1) is 32.1. The molecule has 2 aromatic heterocycles. The number of rotatable bonds is 13. The number of allylic oxidation sites excluding steroid dienone is 4. The van der Waals surface area contributed by atoms with Gasteiger partial charge in [0.1, 0.15) is 0 Å². The summed E-state index contributed by atoms with van der Waals surface area (Å²) >= 11 is 3.34. The summed E-state index contributed by atoms with van der Waals surface area (Å²) in [6, 6.07) is 28.6. The highest BCUT2D eigenvalue weighted by Crippen LogP contribution is 2.41. The van der Waals surface area contributed by atoms with E-state index < -0.39 is 20.0 Å². The molecule has 4 aliphatic heterocycles. The van der Waals surface area contributed by atoms with Crippen molar-refractivity contribution < 1.29 is 16.8 Å². The van der Waals surface area contributed by atoms with Crippen LogP contribution in [-0.4, -0.2) is 64.7 Å². The monoisotopic (exact) mass is 954 g/mol. The van der Waals surface area contributed by atoms with Gasteiger partial charge in [-0.2, -0.15) is 8.61 Å². The summed E-state index contributed by atoms with van der Waals surface area (Å²) in [5.41, 5.74) is 9.55. The molecule has 0 saturated carbocycles. The summed E-state index contributed by atoms with van der Waals surface area (Å²) in [7, 11) is -6.98. The highest BCUT2D eigenvalue weighted by atomic mass is 32.2. The fourth-order valence-electron chi connectivity index (χ4n) is 10.0. The van der Waals surface area contributed by atoms with Crippen LogP contribution in [0.5, 0.6) is 0 Å². The van der Waals surface area contributed by atoms with Gasteiger partial charge < -0.3 is 9.80 Å². The lowest BCUT2D eigenvalue weighted by Gasteiger charge is -2.28. The fraction of sp³-hybridized carbons (Fsp3) is 0.333. The van der Waals surface area contributed by atoms with Crippen LogP contribution >= 0.6 is 22.7 Å². The summed E-state index contributed by atoms with van der Waals surface area (Å²) < 4.78 is 59.2. The molecule has 0 atom stereocenters. The number of piperidine rings is 2. The number of anilines is 2. The predicted molar refractivity (Wildman–Crippen MR) is 278 cm³/mol. The van der Waals surface area contributed by atoms with Gasteiger partial charge in [0.2, 0.25) is 20.0 Å². The van der Waals surface area contributed by atoms with Crippen LogP contribution in [0.25, 0.3) is 43.5 Å². The lowest BCUT2D eigenvalue weighted by atomic mass is 9.98. The van der Waals surface area contributed by atoms with Crippen molar-refractivity contribution in [1.82, 2.24) is 8.61 Å². The zero-order valence-corrected chi connectivity index (χ0v) is 41.2. The summed E-state index contributed by atoms with van der Waals surface area (Å²) in [5.74, 6) is 0. The van der Waals surface area contributed by atoms with Crippen molar-refractivity contribution in [3.63, 3.8) is 0 Å². The number of sulfonamides is 2. The Balaban J connectivity index is 0.761. The molecule has 342 valence electrons. The largest absolute Gasteiger partial charge is 0.347 e. The van der Waals surface area contributed by atoms with Gasteiger partial charge in [0.15, 0.2) is 0 Å². The van der Waals surface area contributed by atoms with E-state index in [0.29, 0.717) is 36.0 Å². The van der Waals surface area contributed by atoms with E-state index in [1.807, 2.05) is 24.3 Å². The van der Waals surface area contributed by atoms with Crippen LogP contribution < -0.4 is 9.80 Å². The van der Waals surface area contributed by atoms with Crippen LogP contribution in [0.1, 0.15) is 96.2 Å². The van der Waals surface area contributed by atoms with Crippen LogP contribution in [0, 0.1) is 13.8 Å². The van der Waals surface area contributed by atoms with Crippen molar-refractivity contribution in [1.29, 1.82) is 0 Å². The zero-order valence-electron chi connectivity index (χ0n) is 37.9. The Bertz CT molecular complexity index is 2940. The van der Waals surface area contributed by atoms with E-state index in [-0.39, 0.29) is 0 Å². The molecule has 6 heterocycles. The highest BCUT2D eigenvalue weighted by Gasteiger charge is 2.28. The van der Waals surface area contributed by atoms with Gasteiger partial charge in [0, 0.05) is 93.3 Å². The van der Waals surface area contributed by atoms with Crippen LogP contribution in [-0.2, 0) is 20.0 Å². The molecule has 0 amide bonds. The average Bonchev–Trinajstić information content (AvgIpc) is 3.84. The van der Waals surface area contributed by atoms with Crippen molar-refractivity contribution in [2.24, 2.45) is 0 Å². The van der Waals surface area contributed by atoms with E-state index in [9.17, 15) is 16.8 Å².